The van der Waals surface area contributed by atoms with Gasteiger partial charge in [-0.25, -0.2) is 0 Å². The molecule has 0 aliphatic heterocycles. The molecular weight excluding hydrogens is 327 g/mol. The molecule has 4 heteroatoms. The molecule has 1 aromatic rings. The van der Waals surface area contributed by atoms with Crippen molar-refractivity contribution in [3.63, 3.8) is 0 Å². The Balaban J connectivity index is 1.76. The number of esters is 1. The first-order valence-corrected chi connectivity index (χ1v) is 8.92. The van der Waals surface area contributed by atoms with Crippen LogP contribution in [0.3, 0.4) is 0 Å². The van der Waals surface area contributed by atoms with Crippen LogP contribution in [0.25, 0.3) is 0 Å². The summed E-state index contributed by atoms with van der Waals surface area (Å²) < 4.78 is 6.32. The summed E-state index contributed by atoms with van der Waals surface area (Å²) in [6.07, 6.45) is 2.03. The quantitative estimate of drug-likeness (QED) is 0.478. The van der Waals surface area contributed by atoms with Crippen LogP contribution in [0, 0.1) is 17.8 Å². The van der Waals surface area contributed by atoms with Crippen LogP contribution in [0.2, 0.25) is 4.82 Å². The third kappa shape index (κ3) is 2.44. The molecule has 1 aromatic carbocycles. The van der Waals surface area contributed by atoms with E-state index in [1.54, 1.807) is 0 Å². The van der Waals surface area contributed by atoms with E-state index in [9.17, 15) is 4.79 Å². The van der Waals surface area contributed by atoms with Crippen molar-refractivity contribution >= 4 is 37.0 Å². The van der Waals surface area contributed by atoms with Gasteiger partial charge in [0.1, 0.15) is 0 Å². The molecule has 0 aromatic heterocycles. The molecule has 102 valence electrons. The maximum absolute atomic E-state index is 11.9. The Hall–Kier alpha value is -0.501. The summed E-state index contributed by atoms with van der Waals surface area (Å²) in [5, 5.41) is 0.242. The van der Waals surface area contributed by atoms with E-state index in [0.29, 0.717) is 31.6 Å². The minimum atomic E-state index is -0.0371. The fraction of sp³-hybridized carbons (Fsp3) is 0.533. The number of halogens is 1. The van der Waals surface area contributed by atoms with Crippen molar-refractivity contribution in [2.75, 3.05) is 7.11 Å². The van der Waals surface area contributed by atoms with Gasteiger partial charge in [-0.15, -0.1) is 0 Å². The molecule has 3 rings (SSSR count). The van der Waals surface area contributed by atoms with Crippen LogP contribution < -0.4 is 4.46 Å². The monoisotopic (exact) mass is 344 g/mol. The number of hydrogen-bond acceptors (Lipinski definition) is 2. The Labute approximate surface area is 125 Å². The Morgan fingerprint density at radius 3 is 2.68 bits per heavy atom. The normalized spacial score (nSPS) is 36.4. The van der Waals surface area contributed by atoms with Gasteiger partial charge < -0.3 is 0 Å². The first kappa shape index (κ1) is 13.5. The average Bonchev–Trinajstić information content (AvgIpc) is 2.99. The van der Waals surface area contributed by atoms with E-state index in [0.717, 1.165) is 12.8 Å². The van der Waals surface area contributed by atoms with Crippen molar-refractivity contribution in [1.29, 1.82) is 0 Å². The molecule has 0 unspecified atom stereocenters. The number of alkyl halides is 1. The summed E-state index contributed by atoms with van der Waals surface area (Å²) in [5.74, 6) is 0.983. The average molecular weight is 344 g/mol. The summed E-state index contributed by atoms with van der Waals surface area (Å²) in [7, 11) is 1.49. The first-order chi connectivity index (χ1) is 9.20. The molecule has 2 aliphatic carbocycles. The molecule has 0 amide bonds. The zero-order valence-corrected chi connectivity index (χ0v) is 13.3. The number of carbonyl (C=O) groups is 1. The third-order valence-corrected chi connectivity index (χ3v) is 8.38. The number of rotatable bonds is 3. The van der Waals surface area contributed by atoms with Crippen molar-refractivity contribution in [1.82, 2.24) is 0 Å². The molecule has 2 nitrogen and oxygen atoms in total. The van der Waals surface area contributed by atoms with E-state index >= 15 is 0 Å². The zero-order chi connectivity index (χ0) is 13.4. The van der Waals surface area contributed by atoms with E-state index in [4.69, 9.17) is 16.3 Å². The van der Waals surface area contributed by atoms with Crippen molar-refractivity contribution < 1.29 is 9.53 Å². The Morgan fingerprint density at radius 2 is 2.05 bits per heavy atom. The zero-order valence-electron chi connectivity index (χ0n) is 10.8. The number of hydrogen-bond donors (Lipinski definition) is 0. The second-order valence-electron chi connectivity index (χ2n) is 5.36. The van der Waals surface area contributed by atoms with Crippen LogP contribution in [-0.4, -0.2) is 33.4 Å². The number of ether oxygens (including phenoxy) is 1. The third-order valence-electron chi connectivity index (χ3n) is 4.35. The van der Waals surface area contributed by atoms with Gasteiger partial charge in [0.2, 0.25) is 0 Å². The first-order valence-electron chi connectivity index (χ1n) is 6.64. The molecule has 2 saturated carbocycles. The van der Waals surface area contributed by atoms with Gasteiger partial charge in [-0.1, -0.05) is 0 Å². The molecule has 0 saturated heterocycles. The summed E-state index contributed by atoms with van der Waals surface area (Å²) in [6.45, 7) is 0. The molecule has 19 heavy (non-hydrogen) atoms. The molecule has 0 radical (unpaired) electrons. The number of benzene rings is 1. The molecular formula is C15H17ClO2Se. The van der Waals surface area contributed by atoms with Crippen molar-refractivity contribution in [3.05, 3.63) is 30.3 Å². The standard InChI is InChI=1S/C15H17ClO2Se/c1-18-15(17)12-8-9-7-11(12)14(13(9)16)19-10-5-3-2-4-6-10/h2-6,9,11-14H,7-8H2,1H3/t9-,11+,12+,13+,14+/m1/s1. The van der Waals surface area contributed by atoms with E-state index in [2.05, 4.69) is 24.3 Å². The second kappa shape index (κ2) is 5.47. The van der Waals surface area contributed by atoms with Gasteiger partial charge in [0.25, 0.3) is 0 Å². The number of methoxy groups -OCH3 is 1. The van der Waals surface area contributed by atoms with E-state index in [1.807, 2.05) is 6.07 Å². The predicted octanol–water partition coefficient (Wildman–Crippen LogP) is 2.24. The SMILES string of the molecule is COC(=O)[C@H]1C[C@H]2C[C@@H]1[C@H]([Se]c1ccccc1)[C@H]2Cl. The van der Waals surface area contributed by atoms with E-state index < -0.39 is 0 Å². The number of carbonyl (C=O) groups excluding carboxylic acids is 1. The molecule has 5 atom stereocenters. The van der Waals surface area contributed by atoms with Crippen LogP contribution in [0.4, 0.5) is 0 Å². The van der Waals surface area contributed by atoms with Crippen LogP contribution in [0.1, 0.15) is 12.8 Å². The fourth-order valence-corrected chi connectivity index (χ4v) is 7.18. The summed E-state index contributed by atoms with van der Waals surface area (Å²) in [6, 6.07) is 10.5. The Bertz CT molecular complexity index is 464. The molecule has 2 fully saturated rings. The van der Waals surface area contributed by atoms with E-state index in [-0.39, 0.29) is 17.3 Å². The molecule has 0 heterocycles. The van der Waals surface area contributed by atoms with Crippen LogP contribution in [0.5, 0.6) is 0 Å². The van der Waals surface area contributed by atoms with Gasteiger partial charge in [0.15, 0.2) is 0 Å². The van der Waals surface area contributed by atoms with Gasteiger partial charge in [0.05, 0.1) is 0 Å². The van der Waals surface area contributed by atoms with Gasteiger partial charge in [0, 0.05) is 0 Å². The summed E-state index contributed by atoms with van der Waals surface area (Å²) in [4.78, 5) is 12.3. The predicted molar refractivity (Wildman–Crippen MR) is 76.9 cm³/mol. The van der Waals surface area contributed by atoms with Gasteiger partial charge in [-0.3, -0.25) is 0 Å². The molecule has 2 bridgehead atoms. The number of fused-ring (bicyclic) bond motifs is 2. The molecule has 0 spiro atoms. The van der Waals surface area contributed by atoms with Gasteiger partial charge in [-0.05, 0) is 0 Å². The van der Waals surface area contributed by atoms with Crippen molar-refractivity contribution in [2.24, 2.45) is 17.8 Å². The van der Waals surface area contributed by atoms with Crippen LogP contribution >= 0.6 is 11.6 Å². The summed E-state index contributed by atoms with van der Waals surface area (Å²) in [5.41, 5.74) is 0. The molecule has 0 N–H and O–H groups in total. The fourth-order valence-electron chi connectivity index (χ4n) is 3.47. The van der Waals surface area contributed by atoms with Crippen molar-refractivity contribution in [3.8, 4) is 0 Å². The van der Waals surface area contributed by atoms with Crippen LogP contribution in [0.15, 0.2) is 30.3 Å². The van der Waals surface area contributed by atoms with E-state index in [1.165, 1.54) is 11.6 Å². The minimum absolute atomic E-state index is 0.0371. The Morgan fingerprint density at radius 1 is 1.32 bits per heavy atom. The maximum atomic E-state index is 11.9. The van der Waals surface area contributed by atoms with Crippen LogP contribution in [-0.2, 0) is 9.53 Å². The van der Waals surface area contributed by atoms with Gasteiger partial charge in [-0.2, -0.15) is 0 Å². The van der Waals surface area contributed by atoms with Crippen molar-refractivity contribution in [2.45, 2.75) is 23.0 Å². The second-order valence-corrected chi connectivity index (χ2v) is 8.49. The molecule has 2 aliphatic rings. The summed E-state index contributed by atoms with van der Waals surface area (Å²) >= 11 is 6.95. The van der Waals surface area contributed by atoms with Gasteiger partial charge >= 0.3 is 125 Å². The Kier molecular flexibility index (Phi) is 3.88. The topological polar surface area (TPSA) is 26.3 Å².